The fourth-order valence-electron chi connectivity index (χ4n) is 5.19. The number of carbonyl (C=O) groups excluding carboxylic acids is 1. The average molecular weight is 518 g/mol. The molecule has 3 heterocycles. The Kier molecular flexibility index (Phi) is 6.71. The van der Waals surface area contributed by atoms with Crippen molar-refractivity contribution < 1.29 is 9.53 Å². The number of rotatable bonds is 6. The van der Waals surface area contributed by atoms with Gasteiger partial charge in [0.25, 0.3) is 5.91 Å². The van der Waals surface area contributed by atoms with Crippen LogP contribution in [0.25, 0.3) is 27.8 Å². The summed E-state index contributed by atoms with van der Waals surface area (Å²) in [4.78, 5) is 26.8. The molecule has 1 amide bonds. The predicted octanol–water partition coefficient (Wildman–Crippen LogP) is 5.76. The van der Waals surface area contributed by atoms with Crippen LogP contribution >= 0.6 is 0 Å². The van der Waals surface area contributed by atoms with Gasteiger partial charge in [0.15, 0.2) is 5.65 Å². The van der Waals surface area contributed by atoms with Gasteiger partial charge in [-0.3, -0.25) is 4.79 Å². The Bertz CT molecular complexity index is 1590. The second-order valence-corrected chi connectivity index (χ2v) is 9.75. The van der Waals surface area contributed by atoms with Gasteiger partial charge >= 0.3 is 0 Å². The van der Waals surface area contributed by atoms with Crippen LogP contribution in [0.1, 0.15) is 22.8 Å². The molecule has 0 saturated carbocycles. The third kappa shape index (κ3) is 4.83. The molecule has 5 aromatic rings. The fourth-order valence-corrected chi connectivity index (χ4v) is 5.19. The van der Waals surface area contributed by atoms with E-state index in [1.54, 1.807) is 6.33 Å². The number of amides is 1. The Morgan fingerprint density at radius 2 is 1.59 bits per heavy atom. The van der Waals surface area contributed by atoms with E-state index in [4.69, 9.17) is 14.7 Å². The number of hydrogen-bond acceptors (Lipinski definition) is 5. The van der Waals surface area contributed by atoms with Crippen molar-refractivity contribution in [1.29, 1.82) is 0 Å². The lowest BCUT2D eigenvalue weighted by atomic mass is 10.1. The molecule has 0 N–H and O–H groups in total. The monoisotopic (exact) mass is 517 g/mol. The molecule has 3 aromatic carbocycles. The predicted molar refractivity (Wildman–Crippen MR) is 155 cm³/mol. The zero-order chi connectivity index (χ0) is 26.8. The molecule has 0 atom stereocenters. The van der Waals surface area contributed by atoms with E-state index >= 15 is 0 Å². The minimum absolute atomic E-state index is 0.0779. The van der Waals surface area contributed by atoms with Gasteiger partial charge in [-0.05, 0) is 55.8 Å². The molecular formula is C32H31N5O2. The van der Waals surface area contributed by atoms with Crippen LogP contribution in [0.4, 0.5) is 5.82 Å². The van der Waals surface area contributed by atoms with E-state index in [-0.39, 0.29) is 5.91 Å². The molecule has 0 spiro atoms. The van der Waals surface area contributed by atoms with Crippen LogP contribution in [-0.4, -0.2) is 58.1 Å². The van der Waals surface area contributed by atoms with Crippen molar-refractivity contribution in [2.75, 3.05) is 37.7 Å². The second-order valence-electron chi connectivity index (χ2n) is 9.75. The van der Waals surface area contributed by atoms with Gasteiger partial charge in [-0.15, -0.1) is 0 Å². The zero-order valence-corrected chi connectivity index (χ0v) is 22.2. The smallest absolute Gasteiger partial charge is 0.253 e. The van der Waals surface area contributed by atoms with E-state index in [2.05, 4.69) is 39.9 Å². The van der Waals surface area contributed by atoms with Gasteiger partial charge in [0, 0.05) is 49.2 Å². The Morgan fingerprint density at radius 3 is 2.28 bits per heavy atom. The number of aryl methyl sites for hydroxylation is 1. The van der Waals surface area contributed by atoms with E-state index in [0.29, 0.717) is 32.8 Å². The number of aromatic nitrogens is 3. The Balaban J connectivity index is 1.35. The molecule has 0 bridgehead atoms. The van der Waals surface area contributed by atoms with Gasteiger partial charge in [0.2, 0.25) is 0 Å². The summed E-state index contributed by atoms with van der Waals surface area (Å²) in [5.74, 6) is 1.81. The van der Waals surface area contributed by atoms with Crippen LogP contribution in [0.5, 0.6) is 5.75 Å². The molecule has 2 aromatic heterocycles. The molecule has 0 aliphatic carbocycles. The lowest BCUT2D eigenvalue weighted by Gasteiger charge is -2.35. The van der Waals surface area contributed by atoms with Gasteiger partial charge in [0.1, 0.15) is 17.9 Å². The lowest BCUT2D eigenvalue weighted by Crippen LogP contribution is -2.49. The number of nitrogens with zero attached hydrogens (tertiary/aromatic N) is 5. The average Bonchev–Trinajstić information content (AvgIpc) is 3.38. The summed E-state index contributed by atoms with van der Waals surface area (Å²) in [6.07, 6.45) is 3.78. The number of fused-ring (bicyclic) bond motifs is 1. The minimum Gasteiger partial charge on any atom is -0.494 e. The summed E-state index contributed by atoms with van der Waals surface area (Å²) in [6, 6.07) is 26.2. The van der Waals surface area contributed by atoms with Gasteiger partial charge in [-0.2, -0.15) is 0 Å². The molecule has 0 unspecified atom stereocenters. The van der Waals surface area contributed by atoms with Crippen LogP contribution in [0, 0.1) is 6.92 Å². The van der Waals surface area contributed by atoms with E-state index in [1.165, 1.54) is 0 Å². The normalized spacial score (nSPS) is 13.6. The van der Waals surface area contributed by atoms with Crippen LogP contribution < -0.4 is 9.64 Å². The molecule has 7 heteroatoms. The van der Waals surface area contributed by atoms with Crippen LogP contribution in [0.15, 0.2) is 91.4 Å². The van der Waals surface area contributed by atoms with E-state index in [9.17, 15) is 4.79 Å². The largest absolute Gasteiger partial charge is 0.494 e. The maximum atomic E-state index is 13.1. The highest BCUT2D eigenvalue weighted by Crippen LogP contribution is 2.37. The Hall–Kier alpha value is -4.65. The van der Waals surface area contributed by atoms with Gasteiger partial charge in [0.05, 0.1) is 12.0 Å². The van der Waals surface area contributed by atoms with E-state index in [0.717, 1.165) is 50.5 Å². The van der Waals surface area contributed by atoms with Gasteiger partial charge in [-0.25, -0.2) is 9.97 Å². The maximum absolute atomic E-state index is 13.1. The standard InChI is InChI=1S/C32H31N5O2/c1-3-39-27-15-13-26(14-16-27)37-21-28(24-7-5-4-6-8-24)29-30(33-22-34-31(29)37)35-17-19-36(20-18-35)32(38)25-11-9-23(2)10-12-25/h4-16,21-22H,3,17-20H2,1-2H3. The first-order chi connectivity index (χ1) is 19.1. The quantitative estimate of drug-likeness (QED) is 0.287. The number of ether oxygens (including phenoxy) is 1. The van der Waals surface area contributed by atoms with Crippen molar-refractivity contribution in [3.8, 4) is 22.6 Å². The summed E-state index contributed by atoms with van der Waals surface area (Å²) in [6.45, 7) is 7.32. The van der Waals surface area contributed by atoms with Crippen LogP contribution in [-0.2, 0) is 0 Å². The molecule has 6 rings (SSSR count). The van der Waals surface area contributed by atoms with Crippen molar-refractivity contribution in [2.45, 2.75) is 13.8 Å². The summed E-state index contributed by atoms with van der Waals surface area (Å²) in [7, 11) is 0. The summed E-state index contributed by atoms with van der Waals surface area (Å²) in [5, 5.41) is 1.01. The molecule has 1 saturated heterocycles. The highest BCUT2D eigenvalue weighted by molar-refractivity contribution is 6.02. The number of carbonyl (C=O) groups is 1. The first kappa shape index (κ1) is 24.7. The Labute approximate surface area is 228 Å². The van der Waals surface area contributed by atoms with Crippen molar-refractivity contribution in [2.24, 2.45) is 0 Å². The summed E-state index contributed by atoms with van der Waals surface area (Å²) >= 11 is 0. The van der Waals surface area contributed by atoms with Crippen molar-refractivity contribution in [3.05, 3.63) is 103 Å². The number of anilines is 1. The number of piperazine rings is 1. The molecule has 196 valence electrons. The first-order valence-electron chi connectivity index (χ1n) is 13.4. The SMILES string of the molecule is CCOc1ccc(-n2cc(-c3ccccc3)c3c(N4CCN(C(=O)c5ccc(C)cc5)CC4)ncnc32)cc1. The number of hydrogen-bond donors (Lipinski definition) is 0. The van der Waals surface area contributed by atoms with E-state index < -0.39 is 0 Å². The van der Waals surface area contributed by atoms with E-state index in [1.807, 2.05) is 73.3 Å². The highest BCUT2D eigenvalue weighted by atomic mass is 16.5. The van der Waals surface area contributed by atoms with Crippen molar-refractivity contribution in [1.82, 2.24) is 19.4 Å². The molecule has 1 aliphatic heterocycles. The topological polar surface area (TPSA) is 63.5 Å². The van der Waals surface area contributed by atoms with Gasteiger partial charge < -0.3 is 19.1 Å². The summed E-state index contributed by atoms with van der Waals surface area (Å²) < 4.78 is 7.77. The second kappa shape index (κ2) is 10.6. The highest BCUT2D eigenvalue weighted by Gasteiger charge is 2.26. The molecular weight excluding hydrogens is 486 g/mol. The zero-order valence-electron chi connectivity index (χ0n) is 22.2. The minimum atomic E-state index is 0.0779. The summed E-state index contributed by atoms with van der Waals surface area (Å²) in [5.41, 5.74) is 5.92. The van der Waals surface area contributed by atoms with Crippen molar-refractivity contribution in [3.63, 3.8) is 0 Å². The van der Waals surface area contributed by atoms with Crippen LogP contribution in [0.2, 0.25) is 0 Å². The number of benzene rings is 3. The molecule has 1 fully saturated rings. The molecule has 39 heavy (non-hydrogen) atoms. The third-order valence-electron chi connectivity index (χ3n) is 7.24. The fraction of sp³-hybridized carbons (Fsp3) is 0.219. The Morgan fingerprint density at radius 1 is 0.872 bits per heavy atom. The molecule has 0 radical (unpaired) electrons. The third-order valence-corrected chi connectivity index (χ3v) is 7.24. The first-order valence-corrected chi connectivity index (χ1v) is 13.4. The van der Waals surface area contributed by atoms with Crippen molar-refractivity contribution >= 4 is 22.8 Å². The maximum Gasteiger partial charge on any atom is 0.253 e. The van der Waals surface area contributed by atoms with Crippen LogP contribution in [0.3, 0.4) is 0 Å². The lowest BCUT2D eigenvalue weighted by molar-refractivity contribution is 0.0746. The van der Waals surface area contributed by atoms with Gasteiger partial charge in [-0.1, -0.05) is 48.0 Å². The molecule has 1 aliphatic rings. The molecule has 7 nitrogen and oxygen atoms in total.